The van der Waals surface area contributed by atoms with Crippen molar-refractivity contribution in [1.29, 1.82) is 0 Å². The Morgan fingerprint density at radius 1 is 1.36 bits per heavy atom. The molecule has 0 bridgehead atoms. The minimum Gasteiger partial charge on any atom is -0.466 e. The highest BCUT2D eigenvalue weighted by Gasteiger charge is 2.29. The van der Waals surface area contributed by atoms with Crippen molar-refractivity contribution in [1.82, 2.24) is 9.88 Å². The fourth-order valence-electron chi connectivity index (χ4n) is 2.88. The normalized spacial score (nSPS) is 17.2. The largest absolute Gasteiger partial charge is 0.466 e. The number of thiazole rings is 1. The number of carbonyl (C=O) groups excluding carboxylic acids is 2. The van der Waals surface area contributed by atoms with Gasteiger partial charge in [0.15, 0.2) is 0 Å². The Hall–Kier alpha value is -2.41. The number of hydrogen-bond acceptors (Lipinski definition) is 5. The molecule has 0 saturated carbocycles. The molecule has 0 spiro atoms. The molecule has 1 aromatic carbocycles. The second kappa shape index (κ2) is 8.11. The standard InChI is InChI=1S/C18H21N3O3S/c1-2-24-17(22)14-4-3-10-21(12-14)18(23)20-15-7-5-13(6-8-15)16-19-9-11-25-16/h5-9,11,14H,2-4,10,12H2,1H3,(H,20,23)/t14-/m1/s1. The van der Waals surface area contributed by atoms with Gasteiger partial charge in [0.1, 0.15) is 5.01 Å². The summed E-state index contributed by atoms with van der Waals surface area (Å²) in [6, 6.07) is 7.41. The van der Waals surface area contributed by atoms with E-state index in [0.717, 1.165) is 29.1 Å². The van der Waals surface area contributed by atoms with E-state index in [-0.39, 0.29) is 17.9 Å². The lowest BCUT2D eigenvalue weighted by atomic mass is 9.98. The molecular formula is C18H21N3O3S. The van der Waals surface area contributed by atoms with Crippen molar-refractivity contribution >= 4 is 29.0 Å². The van der Waals surface area contributed by atoms with Gasteiger partial charge in [-0.1, -0.05) is 0 Å². The SMILES string of the molecule is CCOC(=O)[C@@H]1CCCN(C(=O)Nc2ccc(-c3nccs3)cc2)C1. The minimum atomic E-state index is -0.230. The highest BCUT2D eigenvalue weighted by Crippen LogP contribution is 2.24. The molecule has 1 aliphatic rings. The Labute approximate surface area is 150 Å². The number of anilines is 1. The molecule has 1 N–H and O–H groups in total. The van der Waals surface area contributed by atoms with Gasteiger partial charge >= 0.3 is 12.0 Å². The van der Waals surface area contributed by atoms with Crippen LogP contribution in [0.2, 0.25) is 0 Å². The van der Waals surface area contributed by atoms with Gasteiger partial charge in [0.05, 0.1) is 12.5 Å². The van der Waals surface area contributed by atoms with E-state index >= 15 is 0 Å². The van der Waals surface area contributed by atoms with Crippen LogP contribution < -0.4 is 5.32 Å². The van der Waals surface area contributed by atoms with Crippen molar-refractivity contribution in [2.75, 3.05) is 25.0 Å². The van der Waals surface area contributed by atoms with E-state index in [4.69, 9.17) is 4.74 Å². The Bertz CT molecular complexity index is 716. The molecule has 2 heterocycles. The number of benzene rings is 1. The Morgan fingerprint density at radius 2 is 2.16 bits per heavy atom. The van der Waals surface area contributed by atoms with Crippen molar-refractivity contribution in [3.8, 4) is 10.6 Å². The van der Waals surface area contributed by atoms with Crippen LogP contribution in [0.1, 0.15) is 19.8 Å². The summed E-state index contributed by atoms with van der Waals surface area (Å²) in [6.07, 6.45) is 3.34. The predicted octanol–water partition coefficient (Wildman–Crippen LogP) is 3.62. The zero-order valence-electron chi connectivity index (χ0n) is 14.1. The van der Waals surface area contributed by atoms with Crippen molar-refractivity contribution in [3.05, 3.63) is 35.8 Å². The number of urea groups is 1. The number of nitrogens with one attached hydrogen (secondary N) is 1. The monoisotopic (exact) mass is 359 g/mol. The molecular weight excluding hydrogens is 338 g/mol. The Morgan fingerprint density at radius 3 is 2.84 bits per heavy atom. The molecule has 2 amide bonds. The van der Waals surface area contributed by atoms with Crippen molar-refractivity contribution in [2.24, 2.45) is 5.92 Å². The maximum absolute atomic E-state index is 12.5. The van der Waals surface area contributed by atoms with Crippen molar-refractivity contribution < 1.29 is 14.3 Å². The number of carbonyl (C=O) groups is 2. The lowest BCUT2D eigenvalue weighted by Crippen LogP contribution is -2.44. The molecule has 1 fully saturated rings. The Kier molecular flexibility index (Phi) is 5.65. The first-order chi connectivity index (χ1) is 12.2. The number of likely N-dealkylation sites (tertiary alicyclic amines) is 1. The molecule has 1 atom stereocenters. The third-order valence-electron chi connectivity index (χ3n) is 4.14. The van der Waals surface area contributed by atoms with E-state index in [0.29, 0.717) is 19.7 Å². The predicted molar refractivity (Wildman–Crippen MR) is 97.5 cm³/mol. The van der Waals surface area contributed by atoms with E-state index in [1.165, 1.54) is 0 Å². The summed E-state index contributed by atoms with van der Waals surface area (Å²) in [6.45, 7) is 3.22. The first-order valence-corrected chi connectivity index (χ1v) is 9.28. The van der Waals surface area contributed by atoms with Crippen molar-refractivity contribution in [3.63, 3.8) is 0 Å². The first kappa shape index (κ1) is 17.4. The van der Waals surface area contributed by atoms with E-state index in [9.17, 15) is 9.59 Å². The first-order valence-electron chi connectivity index (χ1n) is 8.40. The van der Waals surface area contributed by atoms with Crippen LogP contribution in [0, 0.1) is 5.92 Å². The van der Waals surface area contributed by atoms with E-state index in [1.54, 1.807) is 29.4 Å². The minimum absolute atomic E-state index is 0.184. The van der Waals surface area contributed by atoms with E-state index in [2.05, 4.69) is 10.3 Å². The van der Waals surface area contributed by atoms with Crippen LogP contribution in [0.25, 0.3) is 10.6 Å². The molecule has 1 saturated heterocycles. The van der Waals surface area contributed by atoms with Crippen LogP contribution in [0.3, 0.4) is 0 Å². The molecule has 25 heavy (non-hydrogen) atoms. The highest BCUT2D eigenvalue weighted by molar-refractivity contribution is 7.13. The van der Waals surface area contributed by atoms with E-state index in [1.807, 2.05) is 29.6 Å². The molecule has 6 nitrogen and oxygen atoms in total. The summed E-state index contributed by atoms with van der Waals surface area (Å²) in [5.74, 6) is -0.445. The molecule has 1 aromatic heterocycles. The van der Waals surface area contributed by atoms with Gasteiger partial charge in [-0.05, 0) is 44.0 Å². The number of esters is 1. The smallest absolute Gasteiger partial charge is 0.321 e. The average Bonchev–Trinajstić information content (AvgIpc) is 3.17. The molecule has 2 aromatic rings. The summed E-state index contributed by atoms with van der Waals surface area (Å²) in [7, 11) is 0. The number of nitrogens with zero attached hydrogens (tertiary/aromatic N) is 2. The number of rotatable bonds is 4. The Balaban J connectivity index is 1.59. The fraction of sp³-hybridized carbons (Fsp3) is 0.389. The summed E-state index contributed by atoms with van der Waals surface area (Å²) in [5, 5.41) is 5.78. The average molecular weight is 359 g/mol. The summed E-state index contributed by atoms with van der Waals surface area (Å²) < 4.78 is 5.07. The van der Waals surface area contributed by atoms with Crippen molar-refractivity contribution in [2.45, 2.75) is 19.8 Å². The molecule has 0 radical (unpaired) electrons. The summed E-state index contributed by atoms with van der Waals surface area (Å²) >= 11 is 1.57. The number of aromatic nitrogens is 1. The molecule has 0 unspecified atom stereocenters. The third-order valence-corrected chi connectivity index (χ3v) is 4.97. The molecule has 1 aliphatic heterocycles. The van der Waals surface area contributed by atoms with Gasteiger partial charge in [0.25, 0.3) is 0 Å². The molecule has 7 heteroatoms. The van der Waals surface area contributed by atoms with Gasteiger partial charge in [-0.3, -0.25) is 4.79 Å². The van der Waals surface area contributed by atoms with Gasteiger partial charge < -0.3 is 15.0 Å². The van der Waals surface area contributed by atoms with Crippen LogP contribution in [0.5, 0.6) is 0 Å². The quantitative estimate of drug-likeness (QED) is 0.847. The fourth-order valence-corrected chi connectivity index (χ4v) is 3.52. The molecule has 3 rings (SSSR count). The summed E-state index contributed by atoms with van der Waals surface area (Å²) in [5.41, 5.74) is 1.75. The summed E-state index contributed by atoms with van der Waals surface area (Å²) in [4.78, 5) is 30.3. The molecule has 132 valence electrons. The highest BCUT2D eigenvalue weighted by atomic mass is 32.1. The second-order valence-electron chi connectivity index (χ2n) is 5.88. The lowest BCUT2D eigenvalue weighted by Gasteiger charge is -2.31. The maximum atomic E-state index is 12.5. The van der Waals surface area contributed by atoms with Crippen LogP contribution in [0.4, 0.5) is 10.5 Å². The van der Waals surface area contributed by atoms with Gasteiger partial charge in [0, 0.05) is 35.9 Å². The van der Waals surface area contributed by atoms with Crippen LogP contribution in [-0.2, 0) is 9.53 Å². The van der Waals surface area contributed by atoms with Gasteiger partial charge in [-0.25, -0.2) is 9.78 Å². The van der Waals surface area contributed by atoms with E-state index < -0.39 is 0 Å². The molecule has 0 aliphatic carbocycles. The number of hydrogen-bond donors (Lipinski definition) is 1. The lowest BCUT2D eigenvalue weighted by molar-refractivity contribution is -0.149. The second-order valence-corrected chi connectivity index (χ2v) is 6.78. The van der Waals surface area contributed by atoms with Crippen LogP contribution in [0.15, 0.2) is 35.8 Å². The van der Waals surface area contributed by atoms with Gasteiger partial charge in [-0.15, -0.1) is 11.3 Å². The number of piperidine rings is 1. The zero-order chi connectivity index (χ0) is 17.6. The zero-order valence-corrected chi connectivity index (χ0v) is 14.9. The number of amides is 2. The van der Waals surface area contributed by atoms with Crippen LogP contribution in [-0.4, -0.2) is 41.6 Å². The van der Waals surface area contributed by atoms with Gasteiger partial charge in [0.2, 0.25) is 0 Å². The van der Waals surface area contributed by atoms with Crippen LogP contribution >= 0.6 is 11.3 Å². The topological polar surface area (TPSA) is 71.5 Å². The van der Waals surface area contributed by atoms with Gasteiger partial charge in [-0.2, -0.15) is 0 Å². The third kappa shape index (κ3) is 4.36. The maximum Gasteiger partial charge on any atom is 0.321 e. The number of ether oxygens (including phenoxy) is 1.